The lowest BCUT2D eigenvalue weighted by atomic mass is 9.85. The van der Waals surface area contributed by atoms with Crippen LogP contribution in [0.25, 0.3) is 0 Å². The van der Waals surface area contributed by atoms with Gasteiger partial charge < -0.3 is 4.74 Å². The summed E-state index contributed by atoms with van der Waals surface area (Å²) in [5.74, 6) is -1.10. The molecule has 6 heteroatoms. The third-order valence-electron chi connectivity index (χ3n) is 4.30. The monoisotopic (exact) mass is 320 g/mol. The van der Waals surface area contributed by atoms with Gasteiger partial charge in [0.05, 0.1) is 6.61 Å². The van der Waals surface area contributed by atoms with Crippen molar-refractivity contribution in [2.24, 2.45) is 11.8 Å². The van der Waals surface area contributed by atoms with E-state index in [1.54, 1.807) is 6.92 Å². The van der Waals surface area contributed by atoms with Gasteiger partial charge in [-0.15, -0.1) is 0 Å². The van der Waals surface area contributed by atoms with Crippen LogP contribution in [0.1, 0.15) is 25.3 Å². The predicted octanol–water partition coefficient (Wildman–Crippen LogP) is 2.35. The Morgan fingerprint density at radius 3 is 2.83 bits per heavy atom. The molecule has 0 radical (unpaired) electrons. The number of carbonyl (C=O) groups excluding carboxylic acids is 1. The van der Waals surface area contributed by atoms with Gasteiger partial charge >= 0.3 is 5.97 Å². The van der Waals surface area contributed by atoms with E-state index < -0.39 is 16.8 Å². The van der Waals surface area contributed by atoms with Crippen LogP contribution < -0.4 is 0 Å². The summed E-state index contributed by atoms with van der Waals surface area (Å²) in [7, 11) is 0. The Balaban J connectivity index is 2.01. The van der Waals surface area contributed by atoms with Gasteiger partial charge in [-0.3, -0.25) is 19.8 Å². The molecule has 6 nitrogen and oxygen atoms in total. The van der Waals surface area contributed by atoms with Crippen molar-refractivity contribution >= 4 is 5.97 Å². The number of carbonyl (C=O) groups is 1. The fourth-order valence-electron chi connectivity index (χ4n) is 3.23. The Kier molecular flexibility index (Phi) is 6.52. The van der Waals surface area contributed by atoms with Gasteiger partial charge in [0.25, 0.3) is 0 Å². The van der Waals surface area contributed by atoms with Gasteiger partial charge in [0.15, 0.2) is 0 Å². The zero-order chi connectivity index (χ0) is 16.7. The summed E-state index contributed by atoms with van der Waals surface area (Å²) in [6, 6.07) is 10.1. The molecular weight excluding hydrogens is 296 g/mol. The Morgan fingerprint density at radius 1 is 1.43 bits per heavy atom. The minimum Gasteiger partial charge on any atom is -0.466 e. The molecule has 1 aliphatic heterocycles. The highest BCUT2D eigenvalue weighted by atomic mass is 16.6. The molecule has 0 unspecified atom stereocenters. The summed E-state index contributed by atoms with van der Waals surface area (Å²) < 4.78 is 5.05. The number of ether oxygens (including phenoxy) is 1. The second-order valence-electron chi connectivity index (χ2n) is 6.00. The first kappa shape index (κ1) is 17.4. The van der Waals surface area contributed by atoms with Crippen LogP contribution in [0.4, 0.5) is 0 Å². The van der Waals surface area contributed by atoms with E-state index in [0.29, 0.717) is 6.54 Å². The third-order valence-corrected chi connectivity index (χ3v) is 4.30. The second kappa shape index (κ2) is 8.62. The molecule has 2 rings (SSSR count). The summed E-state index contributed by atoms with van der Waals surface area (Å²) in [5, 5.41) is 10.9. The van der Waals surface area contributed by atoms with Crippen LogP contribution in [-0.2, 0) is 16.1 Å². The molecule has 1 saturated heterocycles. The van der Waals surface area contributed by atoms with Crippen molar-refractivity contribution in [3.8, 4) is 0 Å². The molecule has 2 atom stereocenters. The molecule has 0 aliphatic carbocycles. The Labute approximate surface area is 136 Å². The summed E-state index contributed by atoms with van der Waals surface area (Å²) in [5.41, 5.74) is 1.22. The van der Waals surface area contributed by atoms with Crippen molar-refractivity contribution in [2.45, 2.75) is 26.3 Å². The summed E-state index contributed by atoms with van der Waals surface area (Å²) >= 11 is 0. The van der Waals surface area contributed by atoms with Crippen LogP contribution in [0.5, 0.6) is 0 Å². The average molecular weight is 320 g/mol. The molecule has 1 aromatic carbocycles. The van der Waals surface area contributed by atoms with E-state index in [2.05, 4.69) is 17.0 Å². The molecule has 0 amide bonds. The Morgan fingerprint density at radius 2 is 2.17 bits per heavy atom. The summed E-state index contributed by atoms with van der Waals surface area (Å²) in [6.45, 7) is 4.11. The molecule has 1 fully saturated rings. The minimum absolute atomic E-state index is 0.0167. The first-order chi connectivity index (χ1) is 11.1. The van der Waals surface area contributed by atoms with Gasteiger partial charge in [-0.1, -0.05) is 30.3 Å². The predicted molar refractivity (Wildman–Crippen MR) is 86.4 cm³/mol. The van der Waals surface area contributed by atoms with Crippen molar-refractivity contribution in [2.75, 3.05) is 26.2 Å². The maximum absolute atomic E-state index is 12.1. The van der Waals surface area contributed by atoms with Crippen molar-refractivity contribution in [1.82, 2.24) is 4.90 Å². The number of nitrogens with zero attached hydrogens (tertiary/aromatic N) is 2. The lowest BCUT2D eigenvalue weighted by Crippen LogP contribution is -2.42. The van der Waals surface area contributed by atoms with Crippen LogP contribution in [0, 0.1) is 22.0 Å². The molecule has 1 heterocycles. The van der Waals surface area contributed by atoms with E-state index in [9.17, 15) is 14.9 Å². The highest BCUT2D eigenvalue weighted by Gasteiger charge is 2.36. The van der Waals surface area contributed by atoms with E-state index in [1.165, 1.54) is 5.56 Å². The quantitative estimate of drug-likeness (QED) is 0.438. The smallest absolute Gasteiger partial charge is 0.315 e. The van der Waals surface area contributed by atoms with Gasteiger partial charge in [-0.2, -0.15) is 0 Å². The molecule has 0 spiro atoms. The van der Waals surface area contributed by atoms with Crippen molar-refractivity contribution < 1.29 is 14.5 Å². The Hall–Kier alpha value is -1.95. The molecule has 1 aromatic rings. The molecule has 0 bridgehead atoms. The maximum Gasteiger partial charge on any atom is 0.315 e. The summed E-state index contributed by atoms with van der Waals surface area (Å²) in [4.78, 5) is 24.9. The lowest BCUT2D eigenvalue weighted by Gasteiger charge is -2.35. The molecule has 1 aliphatic rings. The number of piperidine rings is 1. The number of nitro groups is 1. The molecule has 126 valence electrons. The SMILES string of the molecule is CCOC(=O)[C@H](C[N+](=O)[O-])[C@@H]1CCCN(Cc2ccccc2)C1. The largest absolute Gasteiger partial charge is 0.466 e. The van der Waals surface area contributed by atoms with Gasteiger partial charge in [0, 0.05) is 18.0 Å². The molecule has 23 heavy (non-hydrogen) atoms. The minimum atomic E-state index is -0.650. The number of esters is 1. The number of rotatable bonds is 7. The van der Waals surface area contributed by atoms with E-state index in [4.69, 9.17) is 4.74 Å². The van der Waals surface area contributed by atoms with Crippen molar-refractivity contribution in [3.05, 3.63) is 46.0 Å². The van der Waals surface area contributed by atoms with Gasteiger partial charge in [0.2, 0.25) is 6.54 Å². The fraction of sp³-hybridized carbons (Fsp3) is 0.588. The zero-order valence-electron chi connectivity index (χ0n) is 13.5. The van der Waals surface area contributed by atoms with Crippen LogP contribution in [0.3, 0.4) is 0 Å². The molecule has 0 aromatic heterocycles. The number of benzene rings is 1. The number of likely N-dealkylation sites (tertiary alicyclic amines) is 1. The zero-order valence-corrected chi connectivity index (χ0v) is 13.5. The maximum atomic E-state index is 12.1. The third kappa shape index (κ3) is 5.32. The van der Waals surface area contributed by atoms with E-state index in [0.717, 1.165) is 25.9 Å². The highest BCUT2D eigenvalue weighted by molar-refractivity contribution is 5.73. The first-order valence-corrected chi connectivity index (χ1v) is 8.15. The summed E-state index contributed by atoms with van der Waals surface area (Å²) in [6.07, 6.45) is 1.79. The van der Waals surface area contributed by atoms with E-state index in [1.807, 2.05) is 18.2 Å². The Bertz CT molecular complexity index is 521. The van der Waals surface area contributed by atoms with Crippen LogP contribution in [0.15, 0.2) is 30.3 Å². The normalized spacial score (nSPS) is 20.0. The van der Waals surface area contributed by atoms with Crippen LogP contribution >= 0.6 is 0 Å². The van der Waals surface area contributed by atoms with Crippen molar-refractivity contribution in [3.63, 3.8) is 0 Å². The number of hydrogen-bond acceptors (Lipinski definition) is 5. The van der Waals surface area contributed by atoms with Gasteiger partial charge in [0.1, 0.15) is 5.92 Å². The molecular formula is C17H24N2O4. The van der Waals surface area contributed by atoms with Gasteiger partial charge in [-0.25, -0.2) is 0 Å². The topological polar surface area (TPSA) is 72.7 Å². The van der Waals surface area contributed by atoms with Gasteiger partial charge in [-0.05, 0) is 37.8 Å². The average Bonchev–Trinajstić information content (AvgIpc) is 2.54. The molecule has 0 saturated carbocycles. The first-order valence-electron chi connectivity index (χ1n) is 8.15. The van der Waals surface area contributed by atoms with E-state index in [-0.39, 0.29) is 19.1 Å². The fourth-order valence-corrected chi connectivity index (χ4v) is 3.23. The number of hydrogen-bond donors (Lipinski definition) is 0. The lowest BCUT2D eigenvalue weighted by molar-refractivity contribution is -0.488. The standard InChI is InChI=1S/C17H24N2O4/c1-2-23-17(20)16(13-19(21)22)15-9-6-10-18(12-15)11-14-7-4-3-5-8-14/h3-5,7-8,15-16H,2,6,9-13H2,1H3/t15-,16-/m1/s1. The molecule has 0 N–H and O–H groups in total. The second-order valence-corrected chi connectivity index (χ2v) is 6.00. The highest BCUT2D eigenvalue weighted by Crippen LogP contribution is 2.26. The van der Waals surface area contributed by atoms with Crippen molar-refractivity contribution in [1.29, 1.82) is 0 Å². The van der Waals surface area contributed by atoms with Crippen LogP contribution in [-0.4, -0.2) is 42.0 Å². The van der Waals surface area contributed by atoms with Crippen LogP contribution in [0.2, 0.25) is 0 Å². The van der Waals surface area contributed by atoms with E-state index >= 15 is 0 Å².